The van der Waals surface area contributed by atoms with Gasteiger partial charge in [0.25, 0.3) is 0 Å². The van der Waals surface area contributed by atoms with Gasteiger partial charge >= 0.3 is 0 Å². The third kappa shape index (κ3) is 8.18. The van der Waals surface area contributed by atoms with Crippen LogP contribution in [0.4, 0.5) is 5.69 Å². The molecule has 0 aliphatic heterocycles. The van der Waals surface area contributed by atoms with Crippen LogP contribution in [0.2, 0.25) is 0 Å². The summed E-state index contributed by atoms with van der Waals surface area (Å²) in [5, 5.41) is 2.94. The number of nitrogens with one attached hydrogen (secondary N) is 1. The zero-order chi connectivity index (χ0) is 27.0. The van der Waals surface area contributed by atoms with Crippen molar-refractivity contribution in [2.75, 3.05) is 17.1 Å². The summed E-state index contributed by atoms with van der Waals surface area (Å²) in [4.78, 5) is 28.9. The van der Waals surface area contributed by atoms with Gasteiger partial charge in [-0.15, -0.1) is 0 Å². The highest BCUT2D eigenvalue weighted by Crippen LogP contribution is 2.21. The molecule has 0 heterocycles. The first kappa shape index (κ1) is 27.9. The van der Waals surface area contributed by atoms with Gasteiger partial charge in [0.1, 0.15) is 12.6 Å². The molecule has 0 fully saturated rings. The molecule has 1 atom stereocenters. The summed E-state index contributed by atoms with van der Waals surface area (Å²) in [5.74, 6) is -0.750. The van der Waals surface area contributed by atoms with E-state index in [4.69, 9.17) is 0 Å². The van der Waals surface area contributed by atoms with Crippen LogP contribution in [0.25, 0.3) is 0 Å². The summed E-state index contributed by atoms with van der Waals surface area (Å²) in [6.07, 6.45) is 1.37. The van der Waals surface area contributed by atoms with Crippen LogP contribution in [0.15, 0.2) is 84.9 Å². The van der Waals surface area contributed by atoms with Crippen LogP contribution in [-0.4, -0.2) is 50.0 Å². The van der Waals surface area contributed by atoms with E-state index in [1.807, 2.05) is 87.5 Å². The van der Waals surface area contributed by atoms with Crippen molar-refractivity contribution in [2.45, 2.75) is 45.8 Å². The van der Waals surface area contributed by atoms with Gasteiger partial charge in [0.2, 0.25) is 21.8 Å². The van der Waals surface area contributed by atoms with Crippen LogP contribution in [0.5, 0.6) is 0 Å². The van der Waals surface area contributed by atoms with Crippen LogP contribution in [0.3, 0.4) is 0 Å². The van der Waals surface area contributed by atoms with E-state index in [1.165, 1.54) is 4.90 Å². The first-order valence-electron chi connectivity index (χ1n) is 12.3. The second-order valence-electron chi connectivity index (χ2n) is 9.48. The summed E-state index contributed by atoms with van der Waals surface area (Å²) in [6.45, 7) is 5.33. The molecule has 0 aromatic heterocycles. The summed E-state index contributed by atoms with van der Waals surface area (Å²) >= 11 is 0. The van der Waals surface area contributed by atoms with Gasteiger partial charge < -0.3 is 10.2 Å². The number of benzene rings is 3. The third-order valence-corrected chi connectivity index (χ3v) is 7.01. The highest BCUT2D eigenvalue weighted by molar-refractivity contribution is 7.92. The van der Waals surface area contributed by atoms with E-state index in [2.05, 4.69) is 5.32 Å². The maximum absolute atomic E-state index is 13.9. The molecule has 196 valence electrons. The van der Waals surface area contributed by atoms with Crippen molar-refractivity contribution < 1.29 is 18.0 Å². The minimum atomic E-state index is -3.77. The maximum atomic E-state index is 13.9. The van der Waals surface area contributed by atoms with Crippen LogP contribution in [-0.2, 0) is 32.6 Å². The second-order valence-corrected chi connectivity index (χ2v) is 11.4. The van der Waals surface area contributed by atoms with Crippen LogP contribution in [0.1, 0.15) is 30.5 Å². The van der Waals surface area contributed by atoms with Crippen molar-refractivity contribution in [3.8, 4) is 0 Å². The average Bonchev–Trinajstić information content (AvgIpc) is 2.84. The molecule has 1 N–H and O–H groups in total. The molecule has 3 aromatic rings. The SMILES string of the molecule is Cc1cccc(N(CC(=O)N(Cc2ccccc2)C(Cc2ccccc2)C(=O)NC(C)C)S(C)(=O)=O)c1. The Labute approximate surface area is 220 Å². The Balaban J connectivity index is 2.03. The molecule has 3 aromatic carbocycles. The van der Waals surface area contributed by atoms with E-state index in [0.29, 0.717) is 12.1 Å². The summed E-state index contributed by atoms with van der Waals surface area (Å²) in [6, 6.07) is 24.9. The number of hydrogen-bond acceptors (Lipinski definition) is 4. The van der Waals surface area contributed by atoms with E-state index < -0.39 is 28.5 Å². The molecule has 0 spiro atoms. The molecule has 2 amide bonds. The van der Waals surface area contributed by atoms with E-state index in [-0.39, 0.29) is 18.5 Å². The van der Waals surface area contributed by atoms with Crippen LogP contribution < -0.4 is 9.62 Å². The molecule has 0 radical (unpaired) electrons. The molecule has 0 aliphatic carbocycles. The Morgan fingerprint density at radius 2 is 1.46 bits per heavy atom. The van der Waals surface area contributed by atoms with Crippen molar-refractivity contribution in [3.05, 3.63) is 102 Å². The summed E-state index contributed by atoms with van der Waals surface area (Å²) in [7, 11) is -3.77. The molecule has 3 rings (SSSR count). The highest BCUT2D eigenvalue weighted by atomic mass is 32.2. The third-order valence-electron chi connectivity index (χ3n) is 5.87. The van der Waals surface area contributed by atoms with Gasteiger partial charge in [-0.3, -0.25) is 13.9 Å². The molecular formula is C29H35N3O4S. The predicted octanol–water partition coefficient (Wildman–Crippen LogP) is 3.93. The lowest BCUT2D eigenvalue weighted by Crippen LogP contribution is -2.54. The van der Waals surface area contributed by atoms with Gasteiger partial charge in [0.15, 0.2) is 0 Å². The molecule has 0 bridgehead atoms. The molecule has 0 aliphatic rings. The Kier molecular flexibility index (Phi) is 9.47. The van der Waals surface area contributed by atoms with Crippen molar-refractivity contribution in [1.29, 1.82) is 0 Å². The topological polar surface area (TPSA) is 86.8 Å². The number of hydrogen-bond donors (Lipinski definition) is 1. The lowest BCUT2D eigenvalue weighted by molar-refractivity contribution is -0.140. The van der Waals surface area contributed by atoms with Crippen molar-refractivity contribution in [3.63, 3.8) is 0 Å². The maximum Gasteiger partial charge on any atom is 0.244 e. The minimum Gasteiger partial charge on any atom is -0.352 e. The van der Waals surface area contributed by atoms with Crippen molar-refractivity contribution >= 4 is 27.5 Å². The van der Waals surface area contributed by atoms with E-state index in [9.17, 15) is 18.0 Å². The zero-order valence-electron chi connectivity index (χ0n) is 21.8. The number of nitrogens with zero attached hydrogens (tertiary/aromatic N) is 2. The number of sulfonamides is 1. The largest absolute Gasteiger partial charge is 0.352 e. The highest BCUT2D eigenvalue weighted by Gasteiger charge is 2.33. The summed E-state index contributed by atoms with van der Waals surface area (Å²) in [5.41, 5.74) is 3.02. The van der Waals surface area contributed by atoms with Gasteiger partial charge in [-0.05, 0) is 49.6 Å². The fraction of sp³-hybridized carbons (Fsp3) is 0.310. The molecule has 7 nitrogen and oxygen atoms in total. The van der Waals surface area contributed by atoms with Gasteiger partial charge in [-0.25, -0.2) is 8.42 Å². The Hall–Kier alpha value is -3.65. The monoisotopic (exact) mass is 521 g/mol. The van der Waals surface area contributed by atoms with Gasteiger partial charge in [-0.2, -0.15) is 0 Å². The lowest BCUT2D eigenvalue weighted by Gasteiger charge is -2.34. The molecule has 37 heavy (non-hydrogen) atoms. The van der Waals surface area contributed by atoms with E-state index in [0.717, 1.165) is 27.3 Å². The Morgan fingerprint density at radius 1 is 0.865 bits per heavy atom. The number of carbonyl (C=O) groups excluding carboxylic acids is 2. The molecule has 0 saturated heterocycles. The summed E-state index contributed by atoms with van der Waals surface area (Å²) < 4.78 is 26.6. The second kappa shape index (κ2) is 12.5. The van der Waals surface area contributed by atoms with Gasteiger partial charge in [-0.1, -0.05) is 72.8 Å². The molecular weight excluding hydrogens is 486 g/mol. The van der Waals surface area contributed by atoms with Gasteiger partial charge in [0.05, 0.1) is 11.9 Å². The van der Waals surface area contributed by atoms with Crippen molar-refractivity contribution in [1.82, 2.24) is 10.2 Å². The molecule has 8 heteroatoms. The fourth-order valence-corrected chi connectivity index (χ4v) is 4.95. The number of amides is 2. The molecule has 0 saturated carbocycles. The Morgan fingerprint density at radius 3 is 2.00 bits per heavy atom. The smallest absolute Gasteiger partial charge is 0.244 e. The quantitative estimate of drug-likeness (QED) is 0.414. The van der Waals surface area contributed by atoms with E-state index in [1.54, 1.807) is 18.2 Å². The minimum absolute atomic E-state index is 0.126. The van der Waals surface area contributed by atoms with Crippen LogP contribution >= 0.6 is 0 Å². The fourth-order valence-electron chi connectivity index (χ4n) is 4.11. The number of anilines is 1. The molecule has 1 unspecified atom stereocenters. The van der Waals surface area contributed by atoms with Gasteiger partial charge in [0, 0.05) is 19.0 Å². The predicted molar refractivity (Wildman–Crippen MR) is 148 cm³/mol. The number of rotatable bonds is 11. The standard InChI is InChI=1S/C29H35N3O4S/c1-22(2)30-29(34)27(19-24-13-7-5-8-14-24)31(20-25-15-9-6-10-16-25)28(33)21-32(37(4,35)36)26-17-11-12-23(3)18-26/h5-18,22,27H,19-21H2,1-4H3,(H,30,34). The zero-order valence-corrected chi connectivity index (χ0v) is 22.6. The van der Waals surface area contributed by atoms with E-state index >= 15 is 0 Å². The number of aryl methyl sites for hydroxylation is 1. The first-order valence-corrected chi connectivity index (χ1v) is 14.1. The average molecular weight is 522 g/mol. The number of carbonyl (C=O) groups is 2. The first-order chi connectivity index (χ1) is 17.5. The normalized spacial score (nSPS) is 12.1. The lowest BCUT2D eigenvalue weighted by atomic mass is 10.0. The Bertz CT molecular complexity index is 1290. The van der Waals surface area contributed by atoms with Crippen molar-refractivity contribution in [2.24, 2.45) is 0 Å². The van der Waals surface area contributed by atoms with Crippen LogP contribution in [0, 0.1) is 6.92 Å².